The number of aromatic nitrogens is 2. The molecule has 1 atom stereocenters. The molecule has 0 saturated carbocycles. The topological polar surface area (TPSA) is 82.3 Å². The van der Waals surface area contributed by atoms with Crippen LogP contribution in [0.15, 0.2) is 36.4 Å². The first kappa shape index (κ1) is 21.9. The van der Waals surface area contributed by atoms with Gasteiger partial charge in [0.2, 0.25) is 0 Å². The SMILES string of the molecule is COC[C@H](NC(=O)c1ccc(N2CCCNCC2)c(Cl)c1)c1nc2ccc(Cl)cc2[nH]1. The number of ether oxygens (including phenoxy) is 1. The van der Waals surface area contributed by atoms with Gasteiger partial charge in [0.1, 0.15) is 11.9 Å². The monoisotopic (exact) mass is 461 g/mol. The van der Waals surface area contributed by atoms with E-state index in [-0.39, 0.29) is 12.5 Å². The van der Waals surface area contributed by atoms with Crippen LogP contribution < -0.4 is 15.5 Å². The van der Waals surface area contributed by atoms with E-state index in [0.29, 0.717) is 21.4 Å². The maximum Gasteiger partial charge on any atom is 0.252 e. The van der Waals surface area contributed by atoms with E-state index >= 15 is 0 Å². The van der Waals surface area contributed by atoms with Crippen LogP contribution in [0.3, 0.4) is 0 Å². The molecule has 1 saturated heterocycles. The molecular weight excluding hydrogens is 437 g/mol. The molecule has 1 aromatic heterocycles. The first-order valence-electron chi connectivity index (χ1n) is 10.3. The Morgan fingerprint density at radius 1 is 1.23 bits per heavy atom. The summed E-state index contributed by atoms with van der Waals surface area (Å²) in [6.45, 7) is 4.01. The molecule has 3 N–H and O–H groups in total. The molecular formula is C22H25Cl2N5O2. The number of hydrogen-bond acceptors (Lipinski definition) is 5. The zero-order valence-corrected chi connectivity index (χ0v) is 18.8. The summed E-state index contributed by atoms with van der Waals surface area (Å²) < 4.78 is 5.31. The molecule has 0 radical (unpaired) electrons. The number of anilines is 1. The normalized spacial score (nSPS) is 15.6. The Morgan fingerprint density at radius 2 is 2.10 bits per heavy atom. The molecule has 1 aliphatic rings. The summed E-state index contributed by atoms with van der Waals surface area (Å²) in [6, 6.07) is 10.4. The number of halogens is 2. The molecule has 2 aromatic carbocycles. The van der Waals surface area contributed by atoms with Gasteiger partial charge in [-0.2, -0.15) is 0 Å². The molecule has 7 nitrogen and oxygen atoms in total. The third kappa shape index (κ3) is 5.13. The van der Waals surface area contributed by atoms with Gasteiger partial charge in [-0.1, -0.05) is 23.2 Å². The molecule has 164 valence electrons. The van der Waals surface area contributed by atoms with Gasteiger partial charge in [0.05, 0.1) is 28.4 Å². The van der Waals surface area contributed by atoms with Crippen LogP contribution in [0.5, 0.6) is 0 Å². The molecule has 1 amide bonds. The van der Waals surface area contributed by atoms with Crippen molar-refractivity contribution in [2.24, 2.45) is 0 Å². The van der Waals surface area contributed by atoms with Gasteiger partial charge in [-0.05, 0) is 49.4 Å². The van der Waals surface area contributed by atoms with Crippen LogP contribution in [0, 0.1) is 0 Å². The van der Waals surface area contributed by atoms with Crippen molar-refractivity contribution in [2.45, 2.75) is 12.5 Å². The summed E-state index contributed by atoms with van der Waals surface area (Å²) in [4.78, 5) is 23.0. The minimum atomic E-state index is -0.446. The number of fused-ring (bicyclic) bond motifs is 1. The molecule has 31 heavy (non-hydrogen) atoms. The van der Waals surface area contributed by atoms with E-state index in [1.165, 1.54) is 0 Å². The zero-order chi connectivity index (χ0) is 21.8. The highest BCUT2D eigenvalue weighted by Gasteiger charge is 2.21. The summed E-state index contributed by atoms with van der Waals surface area (Å²) in [5.41, 5.74) is 3.01. The molecule has 3 aromatic rings. The summed E-state index contributed by atoms with van der Waals surface area (Å²) in [5, 5.41) is 7.55. The van der Waals surface area contributed by atoms with Crippen molar-refractivity contribution in [3.63, 3.8) is 0 Å². The summed E-state index contributed by atoms with van der Waals surface area (Å²) in [7, 11) is 1.58. The van der Waals surface area contributed by atoms with Gasteiger partial charge in [0, 0.05) is 37.3 Å². The van der Waals surface area contributed by atoms with Crippen LogP contribution in [0.25, 0.3) is 11.0 Å². The number of carbonyl (C=O) groups excluding carboxylic acids is 1. The number of aromatic amines is 1. The van der Waals surface area contributed by atoms with E-state index in [1.54, 1.807) is 31.4 Å². The van der Waals surface area contributed by atoms with Crippen molar-refractivity contribution < 1.29 is 9.53 Å². The summed E-state index contributed by atoms with van der Waals surface area (Å²) in [6.07, 6.45) is 1.06. The zero-order valence-electron chi connectivity index (χ0n) is 17.3. The van der Waals surface area contributed by atoms with E-state index in [4.69, 9.17) is 27.9 Å². The predicted octanol–water partition coefficient (Wildman–Crippen LogP) is 3.79. The third-order valence-electron chi connectivity index (χ3n) is 5.32. The highest BCUT2D eigenvalue weighted by Crippen LogP contribution is 2.28. The number of imidazole rings is 1. The van der Waals surface area contributed by atoms with Gasteiger partial charge in [-0.15, -0.1) is 0 Å². The Kier molecular flexibility index (Phi) is 6.97. The molecule has 0 bridgehead atoms. The van der Waals surface area contributed by atoms with Gasteiger partial charge < -0.3 is 25.3 Å². The molecule has 2 heterocycles. The minimum absolute atomic E-state index is 0.244. The van der Waals surface area contributed by atoms with E-state index in [0.717, 1.165) is 49.3 Å². The molecule has 0 unspecified atom stereocenters. The minimum Gasteiger partial charge on any atom is -0.382 e. The first-order valence-corrected chi connectivity index (χ1v) is 11.0. The van der Waals surface area contributed by atoms with Crippen LogP contribution in [-0.2, 0) is 4.74 Å². The van der Waals surface area contributed by atoms with Gasteiger partial charge in [0.25, 0.3) is 5.91 Å². The lowest BCUT2D eigenvalue weighted by molar-refractivity contribution is 0.0892. The fourth-order valence-corrected chi connectivity index (χ4v) is 4.23. The van der Waals surface area contributed by atoms with Crippen molar-refractivity contribution >= 4 is 45.8 Å². The van der Waals surface area contributed by atoms with Crippen LogP contribution in [0.1, 0.15) is 28.6 Å². The number of nitrogens with zero attached hydrogens (tertiary/aromatic N) is 2. The lowest BCUT2D eigenvalue weighted by Gasteiger charge is -2.24. The molecule has 1 fully saturated rings. The fourth-order valence-electron chi connectivity index (χ4n) is 3.76. The van der Waals surface area contributed by atoms with Crippen LogP contribution in [0.4, 0.5) is 5.69 Å². The van der Waals surface area contributed by atoms with Crippen molar-refractivity contribution in [3.8, 4) is 0 Å². The van der Waals surface area contributed by atoms with Crippen molar-refractivity contribution in [2.75, 3.05) is 44.8 Å². The van der Waals surface area contributed by atoms with E-state index in [2.05, 4.69) is 25.5 Å². The highest BCUT2D eigenvalue weighted by atomic mass is 35.5. The van der Waals surface area contributed by atoms with Crippen LogP contribution >= 0.6 is 23.2 Å². The predicted molar refractivity (Wildman–Crippen MR) is 124 cm³/mol. The van der Waals surface area contributed by atoms with Gasteiger partial charge in [0.15, 0.2) is 0 Å². The number of rotatable bonds is 6. The molecule has 1 aliphatic heterocycles. The summed E-state index contributed by atoms with van der Waals surface area (Å²) >= 11 is 12.6. The largest absolute Gasteiger partial charge is 0.382 e. The quantitative estimate of drug-likeness (QED) is 0.520. The smallest absolute Gasteiger partial charge is 0.252 e. The van der Waals surface area contributed by atoms with Gasteiger partial charge in [-0.3, -0.25) is 4.79 Å². The lowest BCUT2D eigenvalue weighted by Crippen LogP contribution is -2.32. The second kappa shape index (κ2) is 9.87. The average Bonchev–Trinajstić information content (AvgIpc) is 2.98. The molecule has 0 aliphatic carbocycles. The lowest BCUT2D eigenvalue weighted by atomic mass is 10.1. The number of hydrogen-bond donors (Lipinski definition) is 3. The van der Waals surface area contributed by atoms with Crippen molar-refractivity contribution in [1.29, 1.82) is 0 Å². The number of methoxy groups -OCH3 is 1. The van der Waals surface area contributed by atoms with Crippen LogP contribution in [-0.4, -0.2) is 55.8 Å². The summed E-state index contributed by atoms with van der Waals surface area (Å²) in [5.74, 6) is 0.360. The second-order valence-corrected chi connectivity index (χ2v) is 8.37. The number of amides is 1. The maximum atomic E-state index is 13.0. The number of carbonyl (C=O) groups is 1. The number of H-pyrrole nitrogens is 1. The first-order chi connectivity index (χ1) is 15.0. The van der Waals surface area contributed by atoms with Gasteiger partial charge in [-0.25, -0.2) is 4.98 Å². The Hall–Kier alpha value is -2.32. The Morgan fingerprint density at radius 3 is 2.90 bits per heavy atom. The van der Waals surface area contributed by atoms with E-state index < -0.39 is 6.04 Å². The average molecular weight is 462 g/mol. The Labute approximate surface area is 191 Å². The van der Waals surface area contributed by atoms with Crippen molar-refractivity contribution in [3.05, 3.63) is 57.8 Å². The maximum absolute atomic E-state index is 13.0. The van der Waals surface area contributed by atoms with E-state index in [9.17, 15) is 4.79 Å². The third-order valence-corrected chi connectivity index (χ3v) is 5.86. The fraction of sp³-hybridized carbons (Fsp3) is 0.364. The van der Waals surface area contributed by atoms with Gasteiger partial charge >= 0.3 is 0 Å². The Balaban J connectivity index is 1.52. The van der Waals surface area contributed by atoms with Crippen molar-refractivity contribution in [1.82, 2.24) is 20.6 Å². The molecule has 9 heteroatoms. The molecule has 0 spiro atoms. The van der Waals surface area contributed by atoms with E-state index in [1.807, 2.05) is 12.1 Å². The number of benzene rings is 2. The highest BCUT2D eigenvalue weighted by molar-refractivity contribution is 6.33. The standard InChI is InChI=1S/C22H25Cl2N5O2/c1-31-13-19(21-26-17-5-4-15(23)12-18(17)27-21)28-22(30)14-3-6-20(16(24)11-14)29-9-2-7-25-8-10-29/h3-6,11-12,19,25H,2,7-10,13H2,1H3,(H,26,27)(H,28,30)/t19-/m0/s1. The molecule has 4 rings (SSSR count). The Bertz CT molecular complexity index is 1060. The second-order valence-electron chi connectivity index (χ2n) is 7.52. The van der Waals surface area contributed by atoms with Crippen LogP contribution in [0.2, 0.25) is 10.0 Å². The number of nitrogens with one attached hydrogen (secondary N) is 3.